The number of anilines is 4. The molecule has 9 aromatic rings. The van der Waals surface area contributed by atoms with Gasteiger partial charge in [0.2, 0.25) is 22.7 Å². The van der Waals surface area contributed by atoms with Crippen LogP contribution < -0.4 is 41.9 Å². The van der Waals surface area contributed by atoms with Crippen LogP contribution >= 0.6 is 0 Å². The number of amides is 6. The van der Waals surface area contributed by atoms with E-state index in [1.54, 1.807) is 123 Å². The van der Waals surface area contributed by atoms with Crippen LogP contribution in [-0.2, 0) is 100 Å². The summed E-state index contributed by atoms with van der Waals surface area (Å²) in [5.74, 6) is -6.90. The SMILES string of the molecule is CC(C)[C@@H](C)C(=O)C[C@H](C)C(=O)Cc1ccc(CO)cc1.CCn1cc(C(=O)O)c(=O)c2cc(F)c(N3CCN(C(=O)OCc4ccc(NC(=O)[C@@H](C)CC(=O)[C@H](NC(=O)OCc5ccccc5)C(C)C)cc4)CC3)cc21.CCn1cc(C(=O)O)c(=O)c2cc(F)c(N3CCN(C(=O)OCc4ccc(NC(=O)[C@@H](C)CC(=O)[C@H](NC(=O)OCc5ccccc5)C(C)C)cc4)CC3)cc21. The lowest BCUT2D eigenvalue weighted by Crippen LogP contribution is -2.49. The van der Waals surface area contributed by atoms with E-state index in [0.717, 1.165) is 34.4 Å². The fraction of sp³-hybridized carbons (Fsp3) is 0.400. The van der Waals surface area contributed by atoms with E-state index < -0.39 is 93.8 Å². The van der Waals surface area contributed by atoms with Gasteiger partial charge < -0.3 is 84.3 Å². The number of halogens is 2. The Bertz CT molecular complexity index is 5440. The van der Waals surface area contributed by atoms with Crippen LogP contribution in [0, 0.1) is 53.1 Å². The lowest BCUT2D eigenvalue weighted by Gasteiger charge is -2.35. The molecular formula is C100H118F2N10O21. The molecule has 33 heteroatoms. The number of nitrogens with zero attached hydrogens (tertiary/aromatic N) is 6. The van der Waals surface area contributed by atoms with Gasteiger partial charge in [0.1, 0.15) is 60.8 Å². The molecule has 0 aliphatic carbocycles. The van der Waals surface area contributed by atoms with E-state index in [4.69, 9.17) is 24.1 Å². The van der Waals surface area contributed by atoms with Crippen LogP contribution in [-0.4, -0.2) is 170 Å². The highest BCUT2D eigenvalue weighted by atomic mass is 19.1. The second-order valence-electron chi connectivity index (χ2n) is 34.2. The smallest absolute Gasteiger partial charge is 0.410 e. The first-order chi connectivity index (χ1) is 63.3. The van der Waals surface area contributed by atoms with Gasteiger partial charge >= 0.3 is 36.3 Å². The summed E-state index contributed by atoms with van der Waals surface area (Å²) in [5, 5.41) is 38.6. The number of Topliss-reactive ketones (excluding diaryl/α,β-unsaturated/α-hetero) is 4. The summed E-state index contributed by atoms with van der Waals surface area (Å²) < 4.78 is 55.3. The number of aliphatic hydroxyl groups excluding tert-OH is 1. The number of carbonyl (C=O) groups is 12. The number of aliphatic hydroxyl groups is 1. The summed E-state index contributed by atoms with van der Waals surface area (Å²) in [6.07, 6.45) is 0.488. The Kier molecular flexibility index (Phi) is 37.7. The highest BCUT2D eigenvalue weighted by Gasteiger charge is 2.33. The first-order valence-electron chi connectivity index (χ1n) is 44.4. The van der Waals surface area contributed by atoms with Crippen LogP contribution in [0.25, 0.3) is 21.8 Å². The van der Waals surface area contributed by atoms with E-state index >= 15 is 8.78 Å². The molecule has 7 aromatic carbocycles. The summed E-state index contributed by atoms with van der Waals surface area (Å²) in [5.41, 5.74) is 4.68. The van der Waals surface area contributed by atoms with E-state index in [-0.39, 0.29) is 153 Å². The predicted octanol–water partition coefficient (Wildman–Crippen LogP) is 14.8. The molecule has 6 amide bonds. The van der Waals surface area contributed by atoms with Crippen molar-refractivity contribution in [3.05, 3.63) is 247 Å². The molecule has 6 atom stereocenters. The number of carboxylic acids is 2. The molecule has 0 saturated carbocycles. The number of piperazine rings is 2. The molecule has 2 aliphatic rings. The van der Waals surface area contributed by atoms with Gasteiger partial charge in [-0.3, -0.25) is 38.4 Å². The van der Waals surface area contributed by atoms with Crippen molar-refractivity contribution in [3.8, 4) is 0 Å². The first-order valence-corrected chi connectivity index (χ1v) is 44.4. The average Bonchev–Trinajstić information content (AvgIpc) is 0.765. The van der Waals surface area contributed by atoms with Crippen LogP contribution in [0.5, 0.6) is 0 Å². The zero-order valence-electron chi connectivity index (χ0n) is 76.9. The first kappa shape index (κ1) is 103. The Balaban J connectivity index is 0.000000246. The number of ether oxygens (including phenoxy) is 4. The third-order valence-electron chi connectivity index (χ3n) is 23.4. The number of aryl methyl sites for hydroxylation is 2. The molecule has 0 unspecified atom stereocenters. The van der Waals surface area contributed by atoms with Crippen molar-refractivity contribution in [3.63, 3.8) is 0 Å². The molecule has 7 N–H and O–H groups in total. The number of ketones is 4. The zero-order valence-corrected chi connectivity index (χ0v) is 76.9. The van der Waals surface area contributed by atoms with Crippen molar-refractivity contribution in [2.45, 2.75) is 167 Å². The third-order valence-corrected chi connectivity index (χ3v) is 23.4. The molecule has 4 heterocycles. The van der Waals surface area contributed by atoms with Gasteiger partial charge in [0, 0.05) is 149 Å². The number of carboxylic acid groups (broad SMARTS) is 2. The van der Waals surface area contributed by atoms with Gasteiger partial charge in [-0.2, -0.15) is 0 Å². The molecular weight excluding hydrogens is 1720 g/mol. The maximum absolute atomic E-state index is 15.3. The molecule has 0 bridgehead atoms. The summed E-state index contributed by atoms with van der Waals surface area (Å²) >= 11 is 0. The monoisotopic (exact) mass is 1830 g/mol. The van der Waals surface area contributed by atoms with E-state index in [1.165, 1.54) is 34.3 Å². The standard InChI is InChI=1S/2C41H46FN5O9.C18H26O3/c2*1-5-45-22-31(39(51)52)37(49)30-20-32(42)34(21-33(30)45)46-15-17-47(18-16-46)41(54)56-24-28-11-13-29(14-12-28)43-38(50)26(4)19-35(48)36(25(2)3)44-40(53)55-23-27-9-7-6-8-10-27;1-12(2)14(4)18(21)9-13(3)17(20)10-15-5-7-16(11-19)8-6-15/h2*6-14,20-22,25-26,36H,5,15-19,23-24H2,1-4H3,(H,43,50)(H,44,53)(H,51,52);5-8,12-14,19H,9-11H2,1-4H3/t2*26-,36+;13-,14+/m000/s1. The number of aromatic carboxylic acids is 2. The Morgan fingerprint density at radius 2 is 0.737 bits per heavy atom. The Hall–Kier alpha value is -14.0. The summed E-state index contributed by atoms with van der Waals surface area (Å²) in [6, 6.07) is 42.7. The minimum Gasteiger partial charge on any atom is -0.477 e. The van der Waals surface area contributed by atoms with Gasteiger partial charge in [0.15, 0.2) is 11.6 Å². The number of nitrogens with one attached hydrogen (secondary N) is 4. The molecule has 2 fully saturated rings. The minimum absolute atomic E-state index is 0.00378. The van der Waals surface area contributed by atoms with E-state index in [9.17, 15) is 77.3 Å². The molecule has 133 heavy (non-hydrogen) atoms. The van der Waals surface area contributed by atoms with Crippen molar-refractivity contribution < 1.29 is 101 Å². The number of alkyl carbamates (subject to hydrolysis) is 2. The Labute approximate surface area is 770 Å². The van der Waals surface area contributed by atoms with Crippen LogP contribution in [0.3, 0.4) is 0 Å². The van der Waals surface area contributed by atoms with Gasteiger partial charge in [0.25, 0.3) is 0 Å². The van der Waals surface area contributed by atoms with Crippen molar-refractivity contribution >= 4 is 116 Å². The normalized spacial score (nSPS) is 13.9. The van der Waals surface area contributed by atoms with Crippen molar-refractivity contribution in [1.29, 1.82) is 0 Å². The highest BCUT2D eigenvalue weighted by Crippen LogP contribution is 2.31. The number of rotatable bonds is 36. The maximum Gasteiger partial charge on any atom is 0.410 e. The second-order valence-corrected chi connectivity index (χ2v) is 34.2. The number of fused-ring (bicyclic) bond motifs is 2. The fourth-order valence-electron chi connectivity index (χ4n) is 14.9. The molecule has 0 radical (unpaired) electrons. The van der Waals surface area contributed by atoms with Crippen molar-refractivity contribution in [1.82, 2.24) is 29.6 Å². The van der Waals surface area contributed by atoms with Crippen molar-refractivity contribution in [2.24, 2.45) is 41.4 Å². The number of carbonyl (C=O) groups excluding carboxylic acids is 10. The second kappa shape index (κ2) is 48.8. The van der Waals surface area contributed by atoms with E-state index in [1.807, 2.05) is 113 Å². The number of benzene rings is 7. The van der Waals surface area contributed by atoms with Crippen LogP contribution in [0.2, 0.25) is 0 Å². The number of hydrogen-bond donors (Lipinski definition) is 7. The lowest BCUT2D eigenvalue weighted by atomic mass is 9.86. The Morgan fingerprint density at radius 3 is 1.08 bits per heavy atom. The minimum atomic E-state index is -1.38. The van der Waals surface area contributed by atoms with Crippen molar-refractivity contribution in [2.75, 3.05) is 72.8 Å². The third kappa shape index (κ3) is 29.0. The van der Waals surface area contributed by atoms with E-state index in [0.29, 0.717) is 91.6 Å². The molecule has 2 saturated heterocycles. The van der Waals surface area contributed by atoms with Crippen LogP contribution in [0.15, 0.2) is 180 Å². The van der Waals surface area contributed by atoms with E-state index in [2.05, 4.69) is 21.3 Å². The molecule has 2 aliphatic heterocycles. The van der Waals surface area contributed by atoms with Crippen LogP contribution in [0.1, 0.15) is 156 Å². The predicted molar refractivity (Wildman–Crippen MR) is 498 cm³/mol. The van der Waals surface area contributed by atoms with Gasteiger partial charge in [-0.05, 0) is 114 Å². The lowest BCUT2D eigenvalue weighted by molar-refractivity contribution is -0.129. The molecule has 11 rings (SSSR count). The summed E-state index contributed by atoms with van der Waals surface area (Å²) in [7, 11) is 0. The maximum atomic E-state index is 15.3. The molecule has 0 spiro atoms. The van der Waals surface area contributed by atoms with Gasteiger partial charge in [-0.25, -0.2) is 37.5 Å². The summed E-state index contributed by atoms with van der Waals surface area (Å²) in [4.78, 5) is 182. The van der Waals surface area contributed by atoms with Crippen LogP contribution in [0.4, 0.5) is 50.7 Å². The van der Waals surface area contributed by atoms with Gasteiger partial charge in [-0.15, -0.1) is 0 Å². The topological polar surface area (TPSA) is 408 Å². The van der Waals surface area contributed by atoms with Gasteiger partial charge in [-0.1, -0.05) is 178 Å². The average molecular weight is 1830 g/mol. The largest absolute Gasteiger partial charge is 0.477 e. The zero-order chi connectivity index (χ0) is 97.0. The quantitative estimate of drug-likeness (QED) is 0.0179. The molecule has 708 valence electrons. The summed E-state index contributed by atoms with van der Waals surface area (Å²) in [6.45, 7) is 24.9. The highest BCUT2D eigenvalue weighted by molar-refractivity contribution is 5.99. The number of aromatic nitrogens is 2. The number of hydrogen-bond acceptors (Lipinski definition) is 21. The molecule has 2 aromatic heterocycles. The fourth-order valence-corrected chi connectivity index (χ4v) is 14.9. The van der Waals surface area contributed by atoms with Gasteiger partial charge in [0.05, 0.1) is 41.1 Å². The number of pyridine rings is 2. The Morgan fingerprint density at radius 1 is 0.398 bits per heavy atom. The molecule has 31 nitrogen and oxygen atoms in total.